The maximum atomic E-state index is 12.1. The van der Waals surface area contributed by atoms with Crippen molar-refractivity contribution in [2.45, 2.75) is 39.5 Å². The lowest BCUT2D eigenvalue weighted by Crippen LogP contribution is -2.56. The third kappa shape index (κ3) is 4.06. The van der Waals surface area contributed by atoms with Crippen LogP contribution in [0.4, 0.5) is 0 Å². The van der Waals surface area contributed by atoms with E-state index in [1.165, 1.54) is 0 Å². The number of carbonyl (C=O) groups excluding carboxylic acids is 1. The lowest BCUT2D eigenvalue weighted by atomic mass is 10.2. The number of hydrogen-bond donors (Lipinski definition) is 0. The van der Waals surface area contributed by atoms with Gasteiger partial charge in [-0.1, -0.05) is 38.8 Å². The first kappa shape index (κ1) is 16.0. The van der Waals surface area contributed by atoms with E-state index in [9.17, 15) is 4.79 Å². The lowest BCUT2D eigenvalue weighted by molar-refractivity contribution is -0.00242. The smallest absolute Gasteiger partial charge is 0.470 e. The first-order chi connectivity index (χ1) is 10.2. The monoisotopic (exact) mass is 310 g/mol. The highest BCUT2D eigenvalue weighted by atomic mass is 28.4. The molecule has 0 bridgehead atoms. The van der Waals surface area contributed by atoms with Gasteiger partial charge in [0.15, 0.2) is 0 Å². The molecule has 0 amide bonds. The number of unbranched alkanes of at least 4 members (excludes halogenated alkanes) is 2. The Morgan fingerprint density at radius 2 is 1.62 bits per heavy atom. The van der Waals surface area contributed by atoms with Crippen LogP contribution in [0.3, 0.4) is 0 Å². The Hall–Kier alpha value is -1.37. The molecule has 0 spiro atoms. The molecule has 0 aromatic heterocycles. The second-order valence-electron chi connectivity index (χ2n) is 4.89. The zero-order valence-electron chi connectivity index (χ0n) is 12.6. The molecule has 0 N–H and O–H groups in total. The van der Waals surface area contributed by atoms with E-state index in [0.717, 1.165) is 25.7 Å². The predicted molar refractivity (Wildman–Crippen MR) is 80.0 cm³/mol. The van der Waals surface area contributed by atoms with E-state index < -0.39 is 15.0 Å². The molecule has 0 atom stereocenters. The highest BCUT2D eigenvalue weighted by molar-refractivity contribution is 6.57. The van der Waals surface area contributed by atoms with Crippen molar-refractivity contribution in [1.82, 2.24) is 0 Å². The van der Waals surface area contributed by atoms with Gasteiger partial charge in [0.1, 0.15) is 5.75 Å². The summed E-state index contributed by atoms with van der Waals surface area (Å²) in [7, 11) is -3.42. The van der Waals surface area contributed by atoms with E-state index in [2.05, 4.69) is 13.8 Å². The van der Waals surface area contributed by atoms with E-state index in [1.54, 1.807) is 18.2 Å². The van der Waals surface area contributed by atoms with Crippen molar-refractivity contribution in [3.8, 4) is 5.75 Å². The number of hydrogen-bond acceptors (Lipinski definition) is 5. The maximum absolute atomic E-state index is 12.1. The van der Waals surface area contributed by atoms with Gasteiger partial charge in [-0.05, 0) is 25.0 Å². The second kappa shape index (κ2) is 7.58. The molecular weight excluding hydrogens is 288 g/mol. The van der Waals surface area contributed by atoms with Crippen molar-refractivity contribution in [1.29, 1.82) is 0 Å². The minimum atomic E-state index is -3.42. The summed E-state index contributed by atoms with van der Waals surface area (Å²) < 4.78 is 22.7. The molecule has 1 aliphatic rings. The van der Waals surface area contributed by atoms with Crippen LogP contribution in [0.5, 0.6) is 5.75 Å². The molecule has 1 aliphatic heterocycles. The van der Waals surface area contributed by atoms with Crippen LogP contribution < -0.4 is 4.43 Å². The topological polar surface area (TPSA) is 54.0 Å². The molecule has 0 radical (unpaired) electrons. The molecule has 2 rings (SSSR count). The summed E-state index contributed by atoms with van der Waals surface area (Å²) in [5.41, 5.74) is 0.416. The van der Waals surface area contributed by atoms with E-state index in [4.69, 9.17) is 17.7 Å². The Morgan fingerprint density at radius 1 is 1.00 bits per heavy atom. The molecule has 0 unspecified atom stereocenters. The van der Waals surface area contributed by atoms with Crippen LogP contribution in [0.25, 0.3) is 0 Å². The van der Waals surface area contributed by atoms with Gasteiger partial charge in [0, 0.05) is 13.2 Å². The normalized spacial score (nSPS) is 16.0. The van der Waals surface area contributed by atoms with Gasteiger partial charge in [-0.2, -0.15) is 0 Å². The highest BCUT2D eigenvalue weighted by Crippen LogP contribution is 2.30. The minimum absolute atomic E-state index is 0.416. The standard InChI is InChI=1S/C15H22O5Si/c1-3-5-11-17-21(18-12-6-4-2)19-14-10-8-7-9-13(14)15(16)20-21/h7-10H,3-6,11-12H2,1-2H3. The van der Waals surface area contributed by atoms with Crippen molar-refractivity contribution >= 4 is 15.0 Å². The van der Waals surface area contributed by atoms with Gasteiger partial charge in [-0.3, -0.25) is 0 Å². The minimum Gasteiger partial charge on any atom is -0.470 e. The average Bonchev–Trinajstić information content (AvgIpc) is 2.48. The summed E-state index contributed by atoms with van der Waals surface area (Å²) in [6, 6.07) is 7.00. The van der Waals surface area contributed by atoms with Crippen LogP contribution in [-0.2, 0) is 13.3 Å². The molecule has 0 fully saturated rings. The van der Waals surface area contributed by atoms with Crippen LogP contribution in [0, 0.1) is 0 Å². The van der Waals surface area contributed by atoms with E-state index in [-0.39, 0.29) is 0 Å². The van der Waals surface area contributed by atoms with E-state index in [0.29, 0.717) is 24.5 Å². The number of benzene rings is 1. The van der Waals surface area contributed by atoms with Crippen molar-refractivity contribution in [2.24, 2.45) is 0 Å². The fourth-order valence-electron chi connectivity index (χ4n) is 1.89. The van der Waals surface area contributed by atoms with Crippen molar-refractivity contribution < 1.29 is 22.5 Å². The molecule has 6 heteroatoms. The zero-order chi connectivity index (χ0) is 15.1. The Balaban J connectivity index is 2.14. The predicted octanol–water partition coefficient (Wildman–Crippen LogP) is 3.30. The van der Waals surface area contributed by atoms with Crippen LogP contribution >= 0.6 is 0 Å². The quantitative estimate of drug-likeness (QED) is 0.544. The number of fused-ring (bicyclic) bond motifs is 1. The number of rotatable bonds is 8. The maximum Gasteiger partial charge on any atom is 0.823 e. The van der Waals surface area contributed by atoms with Gasteiger partial charge in [0.05, 0.1) is 5.56 Å². The molecule has 5 nitrogen and oxygen atoms in total. The highest BCUT2D eigenvalue weighted by Gasteiger charge is 2.56. The van der Waals surface area contributed by atoms with Gasteiger partial charge in [0.25, 0.3) is 0 Å². The molecule has 0 aliphatic carbocycles. The van der Waals surface area contributed by atoms with E-state index >= 15 is 0 Å². The molecule has 0 saturated heterocycles. The van der Waals surface area contributed by atoms with Crippen LogP contribution in [0.2, 0.25) is 0 Å². The number of carbonyl (C=O) groups is 1. The summed E-state index contributed by atoms with van der Waals surface area (Å²) in [5.74, 6) is 0.0462. The van der Waals surface area contributed by atoms with Crippen molar-refractivity contribution in [2.75, 3.05) is 13.2 Å². The molecular formula is C15H22O5Si. The number of para-hydroxylation sites is 1. The lowest BCUT2D eigenvalue weighted by Gasteiger charge is -2.31. The first-order valence-electron chi connectivity index (χ1n) is 7.50. The Labute approximate surface area is 126 Å². The first-order valence-corrected chi connectivity index (χ1v) is 9.13. The van der Waals surface area contributed by atoms with Gasteiger partial charge in [0.2, 0.25) is 0 Å². The van der Waals surface area contributed by atoms with Crippen molar-refractivity contribution in [3.63, 3.8) is 0 Å². The SMILES string of the molecule is CCCCO[Si]1(OCCCC)OC(=O)c2ccccc2O1. The van der Waals surface area contributed by atoms with Gasteiger partial charge >= 0.3 is 15.0 Å². The Bertz CT molecular complexity index is 467. The van der Waals surface area contributed by atoms with Gasteiger partial charge < -0.3 is 17.7 Å². The summed E-state index contributed by atoms with van der Waals surface area (Å²) in [6.07, 6.45) is 3.72. The fourth-order valence-corrected chi connectivity index (χ4v) is 3.82. The molecule has 1 aromatic carbocycles. The van der Waals surface area contributed by atoms with Gasteiger partial charge in [-0.15, -0.1) is 0 Å². The molecule has 1 aromatic rings. The van der Waals surface area contributed by atoms with Crippen molar-refractivity contribution in [3.05, 3.63) is 29.8 Å². The average molecular weight is 310 g/mol. The third-order valence-corrected chi connectivity index (χ3v) is 5.13. The second-order valence-corrected chi connectivity index (χ2v) is 6.88. The molecule has 116 valence electrons. The van der Waals surface area contributed by atoms with Crippen LogP contribution in [-0.4, -0.2) is 28.2 Å². The molecule has 1 heterocycles. The third-order valence-electron chi connectivity index (χ3n) is 3.11. The molecule has 21 heavy (non-hydrogen) atoms. The summed E-state index contributed by atoms with van der Waals surface area (Å²) >= 11 is 0. The zero-order valence-corrected chi connectivity index (χ0v) is 13.6. The van der Waals surface area contributed by atoms with E-state index in [1.807, 2.05) is 6.07 Å². The molecule has 0 saturated carbocycles. The summed E-state index contributed by atoms with van der Waals surface area (Å²) in [5, 5.41) is 0. The van der Waals surface area contributed by atoms with Crippen LogP contribution in [0.15, 0.2) is 24.3 Å². The largest absolute Gasteiger partial charge is 0.823 e. The Kier molecular flexibility index (Phi) is 5.78. The Morgan fingerprint density at radius 3 is 2.24 bits per heavy atom. The summed E-state index contributed by atoms with van der Waals surface area (Å²) in [6.45, 7) is 5.06. The fraction of sp³-hybridized carbons (Fsp3) is 0.533. The van der Waals surface area contributed by atoms with Crippen LogP contribution in [0.1, 0.15) is 49.9 Å². The van der Waals surface area contributed by atoms with Gasteiger partial charge in [-0.25, -0.2) is 4.79 Å². The summed E-state index contributed by atoms with van der Waals surface area (Å²) in [4.78, 5) is 12.1.